The maximum atomic E-state index is 13.7. The highest BCUT2D eigenvalue weighted by Crippen LogP contribution is 2.34. The van der Waals surface area contributed by atoms with Crippen LogP contribution in [0.4, 0.5) is 11.6 Å². The number of nitrogens with zero attached hydrogens (tertiary/aromatic N) is 7. The molecule has 1 saturated heterocycles. The monoisotopic (exact) mass is 474 g/mol. The minimum Gasteiger partial charge on any atom is -0.354 e. The van der Waals surface area contributed by atoms with Crippen LogP contribution in [-0.2, 0) is 26.1 Å². The molecule has 184 valence electrons. The van der Waals surface area contributed by atoms with Crippen molar-refractivity contribution in [3.8, 4) is 11.5 Å². The van der Waals surface area contributed by atoms with Crippen LogP contribution in [0.2, 0.25) is 0 Å². The molecule has 0 saturated carbocycles. The number of aromatic nitrogens is 5. The van der Waals surface area contributed by atoms with Gasteiger partial charge in [-0.3, -0.25) is 9.69 Å². The largest absolute Gasteiger partial charge is 0.354 e. The summed E-state index contributed by atoms with van der Waals surface area (Å²) in [5.41, 5.74) is 3.37. The zero-order valence-corrected chi connectivity index (χ0v) is 21.1. The maximum Gasteiger partial charge on any atom is 0.260 e. The van der Waals surface area contributed by atoms with Crippen molar-refractivity contribution >= 4 is 17.5 Å². The van der Waals surface area contributed by atoms with Crippen molar-refractivity contribution in [2.75, 3.05) is 23.4 Å². The van der Waals surface area contributed by atoms with Crippen LogP contribution < -0.4 is 15.1 Å². The van der Waals surface area contributed by atoms with E-state index >= 15 is 0 Å². The van der Waals surface area contributed by atoms with Gasteiger partial charge in [0.2, 0.25) is 0 Å². The average Bonchev–Trinajstić information content (AvgIpc) is 3.57. The number of carbonyl (C=O) groups is 1. The molecular weight excluding hydrogens is 440 g/mol. The Kier molecular flexibility index (Phi) is 6.51. The Morgan fingerprint density at radius 1 is 1.14 bits per heavy atom. The Labute approximate surface area is 206 Å². The molecule has 0 bridgehead atoms. The number of anilines is 2. The van der Waals surface area contributed by atoms with Crippen LogP contribution in [0.3, 0.4) is 0 Å². The molecule has 1 fully saturated rings. The van der Waals surface area contributed by atoms with Crippen LogP contribution in [0.1, 0.15) is 67.5 Å². The van der Waals surface area contributed by atoms with Gasteiger partial charge in [-0.2, -0.15) is 0 Å². The minimum absolute atomic E-state index is 0.0261. The Morgan fingerprint density at radius 3 is 2.71 bits per heavy atom. The van der Waals surface area contributed by atoms with E-state index in [0.717, 1.165) is 78.8 Å². The minimum atomic E-state index is -0.0261. The molecule has 9 heteroatoms. The second-order valence-electron chi connectivity index (χ2n) is 9.39. The van der Waals surface area contributed by atoms with Gasteiger partial charge in [-0.05, 0) is 51.4 Å². The van der Waals surface area contributed by atoms with Gasteiger partial charge in [0.15, 0.2) is 5.82 Å². The van der Waals surface area contributed by atoms with Gasteiger partial charge in [0, 0.05) is 37.7 Å². The fourth-order valence-corrected chi connectivity index (χ4v) is 5.21. The lowest BCUT2D eigenvalue weighted by Crippen LogP contribution is -2.28. The van der Waals surface area contributed by atoms with Gasteiger partial charge < -0.3 is 14.8 Å². The molecule has 5 heterocycles. The van der Waals surface area contributed by atoms with E-state index in [2.05, 4.69) is 45.8 Å². The lowest BCUT2D eigenvalue weighted by atomic mass is 10.1. The van der Waals surface area contributed by atoms with E-state index in [9.17, 15) is 4.79 Å². The predicted molar refractivity (Wildman–Crippen MR) is 136 cm³/mol. The first-order valence-corrected chi connectivity index (χ1v) is 12.7. The molecule has 3 aromatic rings. The zero-order valence-electron chi connectivity index (χ0n) is 21.1. The maximum absolute atomic E-state index is 13.7. The third kappa shape index (κ3) is 4.18. The fraction of sp³-hybridized carbons (Fsp3) is 0.500. The van der Waals surface area contributed by atoms with Gasteiger partial charge in [0.05, 0.1) is 17.8 Å². The van der Waals surface area contributed by atoms with Gasteiger partial charge in [-0.15, -0.1) is 10.2 Å². The van der Waals surface area contributed by atoms with Crippen molar-refractivity contribution in [2.24, 2.45) is 0 Å². The highest BCUT2D eigenvalue weighted by Gasteiger charge is 2.34. The van der Waals surface area contributed by atoms with Crippen molar-refractivity contribution in [1.29, 1.82) is 0 Å². The first-order chi connectivity index (χ1) is 17.0. The molecule has 0 aromatic carbocycles. The van der Waals surface area contributed by atoms with Gasteiger partial charge >= 0.3 is 0 Å². The molecule has 35 heavy (non-hydrogen) atoms. The van der Waals surface area contributed by atoms with Gasteiger partial charge in [-0.1, -0.05) is 19.9 Å². The van der Waals surface area contributed by atoms with Gasteiger partial charge in [0.25, 0.3) is 5.91 Å². The lowest BCUT2D eigenvalue weighted by Gasteiger charge is -2.24. The Balaban J connectivity index is 1.50. The number of hydrogen-bond acceptors (Lipinski definition) is 7. The smallest absolute Gasteiger partial charge is 0.260 e. The van der Waals surface area contributed by atoms with Crippen molar-refractivity contribution in [3.05, 3.63) is 46.9 Å². The molecule has 1 unspecified atom stereocenters. The molecule has 1 N–H and O–H groups in total. The number of rotatable bonds is 8. The summed E-state index contributed by atoms with van der Waals surface area (Å²) in [6.07, 6.45) is 4.10. The molecule has 3 aromatic heterocycles. The van der Waals surface area contributed by atoms with Crippen molar-refractivity contribution < 1.29 is 4.79 Å². The Hall–Kier alpha value is -3.33. The van der Waals surface area contributed by atoms with Crippen LogP contribution in [-0.4, -0.2) is 50.3 Å². The third-order valence-electron chi connectivity index (χ3n) is 7.01. The predicted octanol–water partition coefficient (Wildman–Crippen LogP) is 3.58. The van der Waals surface area contributed by atoms with Crippen LogP contribution in [0, 0.1) is 0 Å². The third-order valence-corrected chi connectivity index (χ3v) is 7.01. The molecule has 2 aliphatic heterocycles. The summed E-state index contributed by atoms with van der Waals surface area (Å²) in [6.45, 7) is 9.34. The Bertz CT molecular complexity index is 1240. The first-order valence-electron chi connectivity index (χ1n) is 12.7. The molecule has 9 nitrogen and oxygen atoms in total. The number of carbonyl (C=O) groups excluding carboxylic acids is 1. The quantitative estimate of drug-likeness (QED) is 0.533. The molecule has 1 amide bonds. The summed E-state index contributed by atoms with van der Waals surface area (Å²) in [5.74, 6) is 3.19. The van der Waals surface area contributed by atoms with Crippen molar-refractivity contribution in [3.63, 3.8) is 0 Å². The first kappa shape index (κ1) is 23.4. The highest BCUT2D eigenvalue weighted by atomic mass is 16.2. The van der Waals surface area contributed by atoms with Crippen LogP contribution in [0.5, 0.6) is 0 Å². The zero-order chi connectivity index (χ0) is 24.5. The number of fused-ring (bicyclic) bond motifs is 1. The highest BCUT2D eigenvalue weighted by molar-refractivity contribution is 6.10. The number of nitrogens with one attached hydrogen (secondary N) is 1. The lowest BCUT2D eigenvalue weighted by molar-refractivity contribution is 0.0996. The normalized spacial score (nSPS) is 17.5. The van der Waals surface area contributed by atoms with E-state index in [1.807, 2.05) is 31.3 Å². The van der Waals surface area contributed by atoms with Crippen LogP contribution >= 0.6 is 0 Å². The summed E-state index contributed by atoms with van der Waals surface area (Å²) in [7, 11) is 1.91. The second-order valence-corrected chi connectivity index (χ2v) is 9.39. The van der Waals surface area contributed by atoms with Crippen LogP contribution in [0.15, 0.2) is 24.3 Å². The van der Waals surface area contributed by atoms with E-state index in [4.69, 9.17) is 9.97 Å². The average molecular weight is 475 g/mol. The summed E-state index contributed by atoms with van der Waals surface area (Å²) in [5, 5.41) is 12.0. The molecule has 5 rings (SSSR count). The summed E-state index contributed by atoms with van der Waals surface area (Å²) < 4.78 is 2.13. The molecule has 0 radical (unpaired) electrons. The van der Waals surface area contributed by atoms with Crippen LogP contribution in [0.25, 0.3) is 11.5 Å². The molecule has 0 aliphatic carbocycles. The summed E-state index contributed by atoms with van der Waals surface area (Å²) >= 11 is 0. The van der Waals surface area contributed by atoms with E-state index < -0.39 is 0 Å². The SMILES string of the molecule is CCCn1c(CC)nnc1-c1cccc(N2Cc3c(cc(N4CCCC4C)nc3CNC)C2=O)n1. The fourth-order valence-electron chi connectivity index (χ4n) is 5.21. The number of amides is 1. The standard InChI is InChI=1S/C26H34N8O/c1-5-12-33-22(6-2)30-31-25(33)20-10-7-11-23(28-20)34-16-19-18(26(34)35)14-24(29-21(19)15-27-4)32-13-8-9-17(32)3/h7,10-11,14,17,27H,5-6,8-9,12-13,15-16H2,1-4H3. The number of pyridine rings is 2. The van der Waals surface area contributed by atoms with Gasteiger partial charge in [0.1, 0.15) is 23.2 Å². The Morgan fingerprint density at radius 2 is 2.00 bits per heavy atom. The van der Waals surface area contributed by atoms with E-state index in [-0.39, 0.29) is 5.91 Å². The second kappa shape index (κ2) is 9.73. The molecule has 1 atom stereocenters. The van der Waals surface area contributed by atoms with E-state index in [1.165, 1.54) is 0 Å². The molecule has 2 aliphatic rings. The molecular formula is C26H34N8O. The van der Waals surface area contributed by atoms with E-state index in [0.29, 0.717) is 24.9 Å². The van der Waals surface area contributed by atoms with Gasteiger partial charge in [-0.25, -0.2) is 9.97 Å². The topological polar surface area (TPSA) is 92.1 Å². The molecule has 0 spiro atoms. The summed E-state index contributed by atoms with van der Waals surface area (Å²) in [6, 6.07) is 8.18. The van der Waals surface area contributed by atoms with E-state index in [1.54, 1.807) is 4.90 Å². The summed E-state index contributed by atoms with van der Waals surface area (Å²) in [4.78, 5) is 27.6. The van der Waals surface area contributed by atoms with Crippen molar-refractivity contribution in [1.82, 2.24) is 30.0 Å². The number of hydrogen-bond donors (Lipinski definition) is 1. The number of aryl methyl sites for hydroxylation is 1. The van der Waals surface area contributed by atoms with Crippen molar-refractivity contribution in [2.45, 2.75) is 72.1 Å².